The van der Waals surface area contributed by atoms with Gasteiger partial charge in [0.2, 0.25) is 0 Å². The molecule has 1 fully saturated rings. The quantitative estimate of drug-likeness (QED) is 0.691. The second-order valence-corrected chi connectivity index (χ2v) is 7.75. The van der Waals surface area contributed by atoms with E-state index in [2.05, 4.69) is 62.3 Å². The van der Waals surface area contributed by atoms with Crippen molar-refractivity contribution in [2.24, 2.45) is 5.92 Å². The maximum Gasteiger partial charge on any atom is 0.0177 e. The zero-order chi connectivity index (χ0) is 14.5. The van der Waals surface area contributed by atoms with Gasteiger partial charge in [0.15, 0.2) is 0 Å². The summed E-state index contributed by atoms with van der Waals surface area (Å²) in [6.45, 7) is 1.15. The topological polar surface area (TPSA) is 12.0 Å². The third kappa shape index (κ3) is 5.24. The molecule has 1 unspecified atom stereocenters. The summed E-state index contributed by atoms with van der Waals surface area (Å²) < 4.78 is 1.19. The molecule has 0 bridgehead atoms. The minimum absolute atomic E-state index is 0.722. The third-order valence-electron chi connectivity index (χ3n) is 4.11. The zero-order valence-electron chi connectivity index (χ0n) is 12.2. The van der Waals surface area contributed by atoms with E-state index in [0.717, 1.165) is 18.5 Å². The molecule has 0 aliphatic heterocycles. The Labute approximate surface area is 139 Å². The summed E-state index contributed by atoms with van der Waals surface area (Å²) >= 11 is 5.38. The number of halogens is 1. The molecule has 0 spiro atoms. The Bertz CT molecular complexity index is 548. The van der Waals surface area contributed by atoms with Crippen molar-refractivity contribution in [2.75, 3.05) is 6.54 Å². The van der Waals surface area contributed by atoms with E-state index in [1.54, 1.807) is 11.3 Å². The molecule has 1 N–H and O–H groups in total. The van der Waals surface area contributed by atoms with E-state index in [9.17, 15) is 0 Å². The fraction of sp³-hybridized carbons (Fsp3) is 0.444. The minimum atomic E-state index is 0.722. The van der Waals surface area contributed by atoms with E-state index in [1.165, 1.54) is 47.7 Å². The van der Waals surface area contributed by atoms with Crippen molar-refractivity contribution in [1.82, 2.24) is 5.32 Å². The van der Waals surface area contributed by atoms with Crippen LogP contribution in [0.4, 0.5) is 0 Å². The van der Waals surface area contributed by atoms with Gasteiger partial charge in [0.05, 0.1) is 0 Å². The van der Waals surface area contributed by atoms with Gasteiger partial charge >= 0.3 is 0 Å². The van der Waals surface area contributed by atoms with Crippen molar-refractivity contribution in [2.45, 2.75) is 38.1 Å². The van der Waals surface area contributed by atoms with Crippen LogP contribution in [0.1, 0.15) is 30.4 Å². The van der Waals surface area contributed by atoms with E-state index < -0.39 is 0 Å². The third-order valence-corrected chi connectivity index (χ3v) is 5.33. The first kappa shape index (κ1) is 15.3. The summed E-state index contributed by atoms with van der Waals surface area (Å²) in [6, 6.07) is 11.8. The van der Waals surface area contributed by atoms with Crippen LogP contribution in [0.2, 0.25) is 0 Å². The molecule has 1 aliphatic carbocycles. The highest BCUT2D eigenvalue weighted by Gasteiger charge is 2.22. The maximum absolute atomic E-state index is 3.71. The predicted octanol–water partition coefficient (Wildman–Crippen LogP) is 5.05. The first-order chi connectivity index (χ1) is 10.3. The molecule has 0 saturated heterocycles. The second kappa shape index (κ2) is 7.57. The molecule has 0 amide bonds. The van der Waals surface area contributed by atoms with Crippen LogP contribution in [0.25, 0.3) is 0 Å². The summed E-state index contributed by atoms with van der Waals surface area (Å²) in [5.74, 6) is 0.722. The summed E-state index contributed by atoms with van der Waals surface area (Å²) in [5.41, 5.74) is 2.93. The highest BCUT2D eigenvalue weighted by atomic mass is 79.9. The van der Waals surface area contributed by atoms with Gasteiger partial charge < -0.3 is 5.32 Å². The van der Waals surface area contributed by atoms with Gasteiger partial charge in [0, 0.05) is 10.5 Å². The van der Waals surface area contributed by atoms with Gasteiger partial charge in [-0.2, -0.15) is 11.3 Å². The van der Waals surface area contributed by atoms with Crippen LogP contribution >= 0.6 is 27.3 Å². The average molecular weight is 364 g/mol. The van der Waals surface area contributed by atoms with Crippen LogP contribution in [0, 0.1) is 5.92 Å². The number of benzene rings is 1. The Balaban J connectivity index is 1.57. The standard InChI is InChI=1S/C18H22BrNS/c19-17-3-1-2-15(11-17)10-16(12-20-18-6-7-18)5-4-14-8-9-21-13-14/h1-3,8-9,11,13,16,18,20H,4-7,10,12H2. The summed E-state index contributed by atoms with van der Waals surface area (Å²) in [5, 5.41) is 8.18. The highest BCUT2D eigenvalue weighted by molar-refractivity contribution is 9.10. The maximum atomic E-state index is 3.71. The van der Waals surface area contributed by atoms with Gasteiger partial charge in [-0.3, -0.25) is 0 Å². The highest BCUT2D eigenvalue weighted by Crippen LogP contribution is 2.22. The molecule has 1 atom stereocenters. The van der Waals surface area contributed by atoms with Crippen LogP contribution in [0.15, 0.2) is 45.6 Å². The molecule has 1 heterocycles. The average Bonchev–Trinajstić information content (AvgIpc) is 3.16. The SMILES string of the molecule is Brc1cccc(CC(CCc2ccsc2)CNC2CC2)c1. The number of aryl methyl sites for hydroxylation is 1. The Morgan fingerprint density at radius 1 is 1.24 bits per heavy atom. The Morgan fingerprint density at radius 2 is 2.14 bits per heavy atom. The van der Waals surface area contributed by atoms with Crippen molar-refractivity contribution in [3.8, 4) is 0 Å². The van der Waals surface area contributed by atoms with Gasteiger partial charge in [-0.1, -0.05) is 28.1 Å². The first-order valence-corrected chi connectivity index (χ1v) is 9.52. The van der Waals surface area contributed by atoms with Crippen LogP contribution in [-0.4, -0.2) is 12.6 Å². The number of hydrogen-bond donors (Lipinski definition) is 1. The van der Waals surface area contributed by atoms with Crippen molar-refractivity contribution >= 4 is 27.3 Å². The summed E-state index contributed by atoms with van der Waals surface area (Å²) in [7, 11) is 0. The van der Waals surface area contributed by atoms with E-state index in [0.29, 0.717) is 0 Å². The molecule has 112 valence electrons. The smallest absolute Gasteiger partial charge is 0.0177 e. The number of nitrogens with one attached hydrogen (secondary N) is 1. The van der Waals surface area contributed by atoms with E-state index >= 15 is 0 Å². The molecule has 1 saturated carbocycles. The van der Waals surface area contributed by atoms with E-state index in [4.69, 9.17) is 0 Å². The lowest BCUT2D eigenvalue weighted by molar-refractivity contribution is 0.442. The largest absolute Gasteiger partial charge is 0.314 e. The van der Waals surface area contributed by atoms with Crippen LogP contribution in [-0.2, 0) is 12.8 Å². The lowest BCUT2D eigenvalue weighted by Gasteiger charge is -2.18. The lowest BCUT2D eigenvalue weighted by Crippen LogP contribution is -2.26. The molecule has 2 aromatic rings. The molecule has 1 aliphatic rings. The number of hydrogen-bond acceptors (Lipinski definition) is 2. The number of thiophene rings is 1. The van der Waals surface area contributed by atoms with Gasteiger partial charge in [0.1, 0.15) is 0 Å². The molecule has 3 rings (SSSR count). The van der Waals surface area contributed by atoms with Crippen molar-refractivity contribution < 1.29 is 0 Å². The van der Waals surface area contributed by atoms with E-state index in [1.807, 2.05) is 0 Å². The van der Waals surface area contributed by atoms with Crippen molar-refractivity contribution in [1.29, 1.82) is 0 Å². The van der Waals surface area contributed by atoms with Gasteiger partial charge in [-0.05, 0) is 84.7 Å². The molecule has 3 heteroatoms. The Hall–Kier alpha value is -0.640. The molecular weight excluding hydrogens is 342 g/mol. The Morgan fingerprint density at radius 3 is 2.86 bits per heavy atom. The molecule has 1 nitrogen and oxygen atoms in total. The fourth-order valence-corrected chi connectivity index (χ4v) is 3.85. The molecule has 1 aromatic heterocycles. The molecule has 21 heavy (non-hydrogen) atoms. The van der Waals surface area contributed by atoms with Crippen molar-refractivity contribution in [3.63, 3.8) is 0 Å². The normalized spacial score (nSPS) is 16.0. The van der Waals surface area contributed by atoms with Gasteiger partial charge in [-0.15, -0.1) is 0 Å². The first-order valence-electron chi connectivity index (χ1n) is 7.78. The monoisotopic (exact) mass is 363 g/mol. The zero-order valence-corrected chi connectivity index (χ0v) is 14.6. The molecular formula is C18H22BrNS. The lowest BCUT2D eigenvalue weighted by atomic mass is 9.93. The Kier molecular flexibility index (Phi) is 5.50. The second-order valence-electron chi connectivity index (χ2n) is 6.05. The summed E-state index contributed by atoms with van der Waals surface area (Å²) in [4.78, 5) is 0. The number of rotatable bonds is 8. The van der Waals surface area contributed by atoms with Crippen molar-refractivity contribution in [3.05, 3.63) is 56.7 Å². The van der Waals surface area contributed by atoms with Gasteiger partial charge in [0.25, 0.3) is 0 Å². The van der Waals surface area contributed by atoms with Gasteiger partial charge in [-0.25, -0.2) is 0 Å². The predicted molar refractivity (Wildman–Crippen MR) is 95.0 cm³/mol. The molecule has 1 aromatic carbocycles. The van der Waals surface area contributed by atoms with Crippen LogP contribution < -0.4 is 5.32 Å². The van der Waals surface area contributed by atoms with E-state index in [-0.39, 0.29) is 0 Å². The van der Waals surface area contributed by atoms with Crippen LogP contribution in [0.5, 0.6) is 0 Å². The fourth-order valence-electron chi connectivity index (χ4n) is 2.70. The minimum Gasteiger partial charge on any atom is -0.314 e. The van der Waals surface area contributed by atoms with Crippen LogP contribution in [0.3, 0.4) is 0 Å². The summed E-state index contributed by atoms with van der Waals surface area (Å²) in [6.07, 6.45) is 6.38. The molecule has 0 radical (unpaired) electrons.